The van der Waals surface area contributed by atoms with Gasteiger partial charge in [-0.15, -0.1) is 0 Å². The van der Waals surface area contributed by atoms with Crippen molar-refractivity contribution in [2.24, 2.45) is 0 Å². The highest BCUT2D eigenvalue weighted by Gasteiger charge is 2.07. The Bertz CT molecular complexity index is 632. The van der Waals surface area contributed by atoms with E-state index in [-0.39, 0.29) is 12.4 Å². The van der Waals surface area contributed by atoms with Gasteiger partial charge in [-0.25, -0.2) is 4.98 Å². The van der Waals surface area contributed by atoms with E-state index in [1.807, 2.05) is 4.57 Å². The van der Waals surface area contributed by atoms with Gasteiger partial charge in [-0.3, -0.25) is 4.79 Å². The standard InChI is InChI=1S/C21H32N2O2/c1-17(2)8-6-9-18(3)10-7-11-19(4)12-13-23-16-22-15-20(23)14-21(24)25-5/h8,10,12,15-16H,6-7,9,11,13-14H2,1-5H3. The van der Waals surface area contributed by atoms with E-state index in [4.69, 9.17) is 4.74 Å². The van der Waals surface area contributed by atoms with Gasteiger partial charge in [0, 0.05) is 18.4 Å². The molecule has 1 heterocycles. The number of carbonyl (C=O) groups is 1. The summed E-state index contributed by atoms with van der Waals surface area (Å²) in [6.07, 6.45) is 15.0. The topological polar surface area (TPSA) is 44.1 Å². The Kier molecular flexibility index (Phi) is 9.60. The van der Waals surface area contributed by atoms with Crippen LogP contribution in [0.25, 0.3) is 0 Å². The number of imidazole rings is 1. The Morgan fingerprint density at radius 3 is 2.36 bits per heavy atom. The van der Waals surface area contributed by atoms with E-state index >= 15 is 0 Å². The predicted octanol–water partition coefficient (Wildman–Crippen LogP) is 5.02. The molecule has 0 saturated carbocycles. The van der Waals surface area contributed by atoms with Crippen molar-refractivity contribution >= 4 is 5.97 Å². The number of hydrogen-bond donors (Lipinski definition) is 0. The Labute approximate surface area is 152 Å². The highest BCUT2D eigenvalue weighted by Crippen LogP contribution is 2.12. The molecule has 0 radical (unpaired) electrons. The van der Waals surface area contributed by atoms with Crippen molar-refractivity contribution in [2.45, 2.75) is 66.3 Å². The molecule has 1 aromatic rings. The minimum atomic E-state index is -0.240. The Balaban J connectivity index is 2.43. The number of methoxy groups -OCH3 is 1. The zero-order valence-electron chi connectivity index (χ0n) is 16.3. The van der Waals surface area contributed by atoms with E-state index in [0.717, 1.165) is 37.9 Å². The first kappa shape index (κ1) is 20.9. The van der Waals surface area contributed by atoms with Crippen molar-refractivity contribution < 1.29 is 9.53 Å². The molecule has 0 aliphatic carbocycles. The molecular formula is C21H32N2O2. The molecule has 0 aromatic carbocycles. The van der Waals surface area contributed by atoms with E-state index in [1.54, 1.807) is 12.5 Å². The van der Waals surface area contributed by atoms with E-state index in [1.165, 1.54) is 23.8 Å². The minimum absolute atomic E-state index is 0.240. The normalized spacial score (nSPS) is 12.2. The summed E-state index contributed by atoms with van der Waals surface area (Å²) in [6.45, 7) is 9.39. The Morgan fingerprint density at radius 1 is 1.08 bits per heavy atom. The van der Waals surface area contributed by atoms with Crippen LogP contribution in [0.15, 0.2) is 47.5 Å². The largest absolute Gasteiger partial charge is 0.469 e. The van der Waals surface area contributed by atoms with Crippen LogP contribution in [0, 0.1) is 0 Å². The van der Waals surface area contributed by atoms with E-state index < -0.39 is 0 Å². The number of rotatable bonds is 10. The quantitative estimate of drug-likeness (QED) is 0.442. The maximum atomic E-state index is 11.4. The first-order valence-corrected chi connectivity index (χ1v) is 8.92. The number of hydrogen-bond acceptors (Lipinski definition) is 3. The molecule has 4 heteroatoms. The smallest absolute Gasteiger partial charge is 0.311 e. The van der Waals surface area contributed by atoms with Gasteiger partial charge in [0.25, 0.3) is 0 Å². The molecule has 0 fully saturated rings. The molecule has 0 saturated heterocycles. The van der Waals surface area contributed by atoms with Crippen molar-refractivity contribution in [1.82, 2.24) is 9.55 Å². The molecule has 1 aromatic heterocycles. The van der Waals surface area contributed by atoms with Crippen molar-refractivity contribution in [2.75, 3.05) is 7.11 Å². The SMILES string of the molecule is COC(=O)Cc1cncn1CC=C(C)CCC=C(C)CCC=C(C)C. The number of esters is 1. The average Bonchev–Trinajstić information content (AvgIpc) is 2.99. The first-order valence-electron chi connectivity index (χ1n) is 8.92. The maximum Gasteiger partial charge on any atom is 0.311 e. The fraction of sp³-hybridized carbons (Fsp3) is 0.524. The summed E-state index contributed by atoms with van der Waals surface area (Å²) in [5, 5.41) is 0. The molecule has 0 aliphatic rings. The van der Waals surface area contributed by atoms with Crippen molar-refractivity contribution in [1.29, 1.82) is 0 Å². The Morgan fingerprint density at radius 2 is 1.72 bits per heavy atom. The lowest BCUT2D eigenvalue weighted by atomic mass is 10.1. The first-order chi connectivity index (χ1) is 11.9. The summed E-state index contributed by atoms with van der Waals surface area (Å²) in [6, 6.07) is 0. The van der Waals surface area contributed by atoms with Gasteiger partial charge in [0.1, 0.15) is 0 Å². The van der Waals surface area contributed by atoms with Crippen LogP contribution in [-0.4, -0.2) is 22.6 Å². The van der Waals surface area contributed by atoms with Crippen molar-refractivity contribution in [3.05, 3.63) is 53.2 Å². The second-order valence-corrected chi connectivity index (χ2v) is 6.75. The number of carbonyl (C=O) groups excluding carboxylic acids is 1. The van der Waals surface area contributed by atoms with Crippen LogP contribution in [0.3, 0.4) is 0 Å². The van der Waals surface area contributed by atoms with E-state index in [9.17, 15) is 4.79 Å². The number of nitrogens with zero attached hydrogens (tertiary/aromatic N) is 2. The van der Waals surface area contributed by atoms with Gasteiger partial charge < -0.3 is 9.30 Å². The fourth-order valence-corrected chi connectivity index (χ4v) is 2.47. The van der Waals surface area contributed by atoms with Gasteiger partial charge in [0.2, 0.25) is 0 Å². The van der Waals surface area contributed by atoms with Gasteiger partial charge in [-0.2, -0.15) is 0 Å². The average molecular weight is 344 g/mol. The molecule has 0 aliphatic heterocycles. The van der Waals surface area contributed by atoms with Crippen LogP contribution in [0.5, 0.6) is 0 Å². The van der Waals surface area contributed by atoms with E-state index in [2.05, 4.69) is 50.9 Å². The van der Waals surface area contributed by atoms with Gasteiger partial charge >= 0.3 is 5.97 Å². The van der Waals surface area contributed by atoms with Crippen molar-refractivity contribution in [3.8, 4) is 0 Å². The van der Waals surface area contributed by atoms with Gasteiger partial charge in [-0.1, -0.05) is 34.9 Å². The van der Waals surface area contributed by atoms with Crippen LogP contribution in [0.4, 0.5) is 0 Å². The molecule has 0 bridgehead atoms. The van der Waals surface area contributed by atoms with Gasteiger partial charge in [-0.05, 0) is 53.4 Å². The molecule has 0 N–H and O–H groups in total. The third-order valence-electron chi connectivity index (χ3n) is 4.11. The molecule has 0 spiro atoms. The lowest BCUT2D eigenvalue weighted by Crippen LogP contribution is -2.09. The van der Waals surface area contributed by atoms with Gasteiger partial charge in [0.15, 0.2) is 0 Å². The molecular weight excluding hydrogens is 312 g/mol. The van der Waals surface area contributed by atoms with Crippen LogP contribution in [0.1, 0.15) is 59.1 Å². The number of ether oxygens (including phenoxy) is 1. The summed E-state index contributed by atoms with van der Waals surface area (Å²) in [7, 11) is 1.41. The molecule has 0 amide bonds. The van der Waals surface area contributed by atoms with Crippen LogP contribution >= 0.6 is 0 Å². The lowest BCUT2D eigenvalue weighted by Gasteiger charge is -2.06. The van der Waals surface area contributed by atoms with Crippen LogP contribution in [-0.2, 0) is 22.5 Å². The monoisotopic (exact) mass is 344 g/mol. The number of aromatic nitrogens is 2. The summed E-state index contributed by atoms with van der Waals surface area (Å²) in [5.74, 6) is -0.240. The highest BCUT2D eigenvalue weighted by molar-refractivity contribution is 5.71. The molecule has 0 unspecified atom stereocenters. The Hall–Kier alpha value is -2.10. The highest BCUT2D eigenvalue weighted by atomic mass is 16.5. The van der Waals surface area contributed by atoms with Crippen LogP contribution < -0.4 is 0 Å². The van der Waals surface area contributed by atoms with Crippen molar-refractivity contribution in [3.63, 3.8) is 0 Å². The molecule has 4 nitrogen and oxygen atoms in total. The predicted molar refractivity (Wildman–Crippen MR) is 103 cm³/mol. The summed E-state index contributed by atoms with van der Waals surface area (Å²) < 4.78 is 6.70. The summed E-state index contributed by atoms with van der Waals surface area (Å²) >= 11 is 0. The summed E-state index contributed by atoms with van der Waals surface area (Å²) in [5.41, 5.74) is 5.08. The zero-order valence-corrected chi connectivity index (χ0v) is 16.3. The summed E-state index contributed by atoms with van der Waals surface area (Å²) in [4.78, 5) is 15.5. The van der Waals surface area contributed by atoms with E-state index in [0.29, 0.717) is 0 Å². The fourth-order valence-electron chi connectivity index (χ4n) is 2.47. The third kappa shape index (κ3) is 9.08. The molecule has 138 valence electrons. The molecule has 0 atom stereocenters. The second kappa shape index (κ2) is 11.5. The second-order valence-electron chi connectivity index (χ2n) is 6.75. The molecule has 1 rings (SSSR count). The third-order valence-corrected chi connectivity index (χ3v) is 4.11. The zero-order chi connectivity index (χ0) is 18.7. The minimum Gasteiger partial charge on any atom is -0.469 e. The maximum absolute atomic E-state index is 11.4. The lowest BCUT2D eigenvalue weighted by molar-refractivity contribution is -0.139. The number of allylic oxidation sites excluding steroid dienone is 6. The van der Waals surface area contributed by atoms with Gasteiger partial charge in [0.05, 0.1) is 19.9 Å². The molecule has 25 heavy (non-hydrogen) atoms. The van der Waals surface area contributed by atoms with Crippen LogP contribution in [0.2, 0.25) is 0 Å².